The zero-order chi connectivity index (χ0) is 13.1. The molecule has 0 aliphatic carbocycles. The molecule has 6 heteroatoms. The molecule has 6 nitrogen and oxygen atoms in total. The first-order chi connectivity index (χ1) is 7.25. The molecule has 0 aromatic carbocycles. The number of Topliss-reactive ketones (excluding diaryl/α,β-unsaturated/α-hetero) is 2. The fraction of sp³-hybridized carbons (Fsp3) is 0.636. The summed E-state index contributed by atoms with van der Waals surface area (Å²) in [4.78, 5) is 20.3. The van der Waals surface area contributed by atoms with Crippen LogP contribution in [-0.2, 0) is 9.59 Å². The fourth-order valence-corrected chi connectivity index (χ4v) is 0.694. The normalized spacial score (nSPS) is 8.18. The van der Waals surface area contributed by atoms with Crippen LogP contribution in [0, 0.1) is 10.8 Å². The molecule has 0 aliphatic heterocycles. The molecule has 0 atom stereocenters. The number of ketones is 2. The molecule has 5 N–H and O–H groups in total. The minimum Gasteiger partial charge on any atom is -0.387 e. The van der Waals surface area contributed by atoms with Gasteiger partial charge in [0, 0.05) is 12.3 Å². The summed E-state index contributed by atoms with van der Waals surface area (Å²) in [6, 6.07) is 0. The highest BCUT2D eigenvalue weighted by Crippen LogP contribution is 1.75. The van der Waals surface area contributed by atoms with E-state index in [9.17, 15) is 9.59 Å². The lowest BCUT2D eigenvalue weighted by Crippen LogP contribution is -2.25. The Balaban J connectivity index is -0.000000224. The van der Waals surface area contributed by atoms with Crippen molar-refractivity contribution in [3.05, 3.63) is 0 Å². The van der Waals surface area contributed by atoms with Gasteiger partial charge in [-0.25, -0.2) is 0 Å². The first-order valence-electron chi connectivity index (χ1n) is 4.82. The summed E-state index contributed by atoms with van der Waals surface area (Å²) in [7, 11) is 0. The first-order valence-corrected chi connectivity index (χ1v) is 4.82. The number of carbonyl (C=O) groups is 2. The van der Waals surface area contributed by atoms with Crippen LogP contribution in [0.2, 0.25) is 0 Å². The number of rotatable bonds is 6. The van der Waals surface area contributed by atoms with E-state index in [-0.39, 0.29) is 31.2 Å². The molecular formula is C11H24N4O2. The van der Waals surface area contributed by atoms with E-state index in [4.69, 9.17) is 16.6 Å². The lowest BCUT2D eigenvalue weighted by Gasteiger charge is -1.97. The number of nitrogens with one attached hydrogen (secondary N) is 3. The van der Waals surface area contributed by atoms with Gasteiger partial charge in [-0.1, -0.05) is 7.43 Å². The van der Waals surface area contributed by atoms with Crippen molar-refractivity contribution in [3.8, 4) is 0 Å². The van der Waals surface area contributed by atoms with E-state index in [0.717, 1.165) is 0 Å². The Kier molecular flexibility index (Phi) is 15.3. The molecule has 0 aromatic heterocycles. The van der Waals surface area contributed by atoms with Crippen LogP contribution in [0.1, 0.15) is 34.6 Å². The van der Waals surface area contributed by atoms with Crippen molar-refractivity contribution in [3.63, 3.8) is 0 Å². The Bertz CT molecular complexity index is 249. The Morgan fingerprint density at radius 1 is 1.06 bits per heavy atom. The summed E-state index contributed by atoms with van der Waals surface area (Å²) >= 11 is 0. The van der Waals surface area contributed by atoms with Crippen molar-refractivity contribution < 1.29 is 9.59 Å². The van der Waals surface area contributed by atoms with Crippen LogP contribution in [0.25, 0.3) is 0 Å². The van der Waals surface area contributed by atoms with Crippen LogP contribution >= 0.6 is 0 Å². The van der Waals surface area contributed by atoms with E-state index in [1.807, 2.05) is 0 Å². The molecule has 17 heavy (non-hydrogen) atoms. The number of hydrogen-bond acceptors (Lipinski definition) is 5. The van der Waals surface area contributed by atoms with Gasteiger partial charge >= 0.3 is 0 Å². The molecule has 0 heterocycles. The maximum atomic E-state index is 10.3. The number of amidine groups is 1. The SMILES string of the molecule is C.CC(=N)CNCC(C)=O.CC(=O)CC(=N)N. The van der Waals surface area contributed by atoms with Gasteiger partial charge in [0.1, 0.15) is 11.6 Å². The zero-order valence-corrected chi connectivity index (χ0v) is 10.0. The molecule has 0 amide bonds. The Hall–Kier alpha value is -1.56. The van der Waals surface area contributed by atoms with Crippen molar-refractivity contribution in [1.29, 1.82) is 10.8 Å². The van der Waals surface area contributed by atoms with E-state index in [0.29, 0.717) is 18.8 Å². The molecule has 0 aromatic rings. The van der Waals surface area contributed by atoms with Gasteiger partial charge in [0.25, 0.3) is 0 Å². The van der Waals surface area contributed by atoms with Gasteiger partial charge in [0.15, 0.2) is 0 Å². The summed E-state index contributed by atoms with van der Waals surface area (Å²) < 4.78 is 0. The third kappa shape index (κ3) is 31.4. The maximum Gasteiger partial charge on any atom is 0.143 e. The average Bonchev–Trinajstić information content (AvgIpc) is 2.00. The summed E-state index contributed by atoms with van der Waals surface area (Å²) in [6.45, 7) is 5.51. The Morgan fingerprint density at radius 3 is 1.71 bits per heavy atom. The van der Waals surface area contributed by atoms with Crippen LogP contribution in [0.5, 0.6) is 0 Å². The van der Waals surface area contributed by atoms with Gasteiger partial charge in [-0.15, -0.1) is 0 Å². The van der Waals surface area contributed by atoms with Crippen LogP contribution in [0.4, 0.5) is 0 Å². The summed E-state index contributed by atoms with van der Waals surface area (Å²) in [5, 5.41) is 16.4. The van der Waals surface area contributed by atoms with Gasteiger partial charge < -0.3 is 16.5 Å². The number of carbonyl (C=O) groups excluding carboxylic acids is 2. The van der Waals surface area contributed by atoms with Gasteiger partial charge in [-0.3, -0.25) is 15.0 Å². The third-order valence-electron chi connectivity index (χ3n) is 1.20. The van der Waals surface area contributed by atoms with Crippen molar-refractivity contribution >= 4 is 23.1 Å². The van der Waals surface area contributed by atoms with Crippen molar-refractivity contribution in [2.24, 2.45) is 5.73 Å². The lowest BCUT2D eigenvalue weighted by molar-refractivity contribution is -0.116. The lowest BCUT2D eigenvalue weighted by atomic mass is 10.3. The highest BCUT2D eigenvalue weighted by atomic mass is 16.1. The highest BCUT2D eigenvalue weighted by Gasteiger charge is 1.92. The molecule has 0 aliphatic rings. The monoisotopic (exact) mass is 244 g/mol. The molecular weight excluding hydrogens is 220 g/mol. The van der Waals surface area contributed by atoms with Gasteiger partial charge in [0.2, 0.25) is 0 Å². The second-order valence-corrected chi connectivity index (χ2v) is 3.49. The first kappa shape index (κ1) is 20.8. The fourth-order valence-electron chi connectivity index (χ4n) is 0.694. The Morgan fingerprint density at radius 2 is 1.53 bits per heavy atom. The number of nitrogens with two attached hydrogens (primary N) is 1. The molecule has 0 radical (unpaired) electrons. The van der Waals surface area contributed by atoms with E-state index in [1.54, 1.807) is 6.92 Å². The number of hydrogen-bond donors (Lipinski definition) is 4. The van der Waals surface area contributed by atoms with E-state index >= 15 is 0 Å². The summed E-state index contributed by atoms with van der Waals surface area (Å²) in [5.41, 5.74) is 5.41. The molecule has 0 spiro atoms. The van der Waals surface area contributed by atoms with Crippen LogP contribution in [-0.4, -0.2) is 36.2 Å². The van der Waals surface area contributed by atoms with Gasteiger partial charge in [-0.2, -0.15) is 0 Å². The van der Waals surface area contributed by atoms with Crippen molar-refractivity contribution in [1.82, 2.24) is 5.32 Å². The minimum absolute atomic E-state index is 0. The molecule has 0 rings (SSSR count). The quantitative estimate of drug-likeness (QED) is 0.407. The van der Waals surface area contributed by atoms with E-state index in [2.05, 4.69) is 5.32 Å². The molecule has 0 bridgehead atoms. The van der Waals surface area contributed by atoms with Crippen LogP contribution in [0.3, 0.4) is 0 Å². The van der Waals surface area contributed by atoms with Gasteiger partial charge in [-0.05, 0) is 20.8 Å². The smallest absolute Gasteiger partial charge is 0.143 e. The molecule has 0 saturated heterocycles. The zero-order valence-electron chi connectivity index (χ0n) is 10.0. The predicted octanol–water partition coefficient (Wildman–Crippen LogP) is 0.742. The Labute approximate surface area is 103 Å². The summed E-state index contributed by atoms with van der Waals surface area (Å²) in [5.74, 6) is -0.0174. The van der Waals surface area contributed by atoms with E-state index < -0.39 is 0 Å². The maximum absolute atomic E-state index is 10.3. The second kappa shape index (κ2) is 12.5. The van der Waals surface area contributed by atoms with Crippen molar-refractivity contribution in [2.45, 2.75) is 34.6 Å². The minimum atomic E-state index is -0.0625. The summed E-state index contributed by atoms with van der Waals surface area (Å²) in [6.07, 6.45) is 0.0833. The third-order valence-corrected chi connectivity index (χ3v) is 1.20. The topological polar surface area (TPSA) is 120 Å². The standard InChI is InChI=1S/C6H12N2O.C4H8N2O.CH4/c1-5(7)3-8-4-6(2)9;1-3(7)2-4(5)6;/h7-8H,3-4H2,1-2H3;2H2,1H3,(H3,5,6);1H4. The molecule has 0 fully saturated rings. The second-order valence-electron chi connectivity index (χ2n) is 3.49. The van der Waals surface area contributed by atoms with Crippen LogP contribution in [0.15, 0.2) is 0 Å². The van der Waals surface area contributed by atoms with Crippen molar-refractivity contribution in [2.75, 3.05) is 13.1 Å². The van der Waals surface area contributed by atoms with Crippen LogP contribution < -0.4 is 11.1 Å². The highest BCUT2D eigenvalue weighted by molar-refractivity contribution is 5.97. The molecule has 100 valence electrons. The van der Waals surface area contributed by atoms with E-state index in [1.165, 1.54) is 13.8 Å². The largest absolute Gasteiger partial charge is 0.387 e. The molecule has 0 unspecified atom stereocenters. The molecule has 0 saturated carbocycles. The predicted molar refractivity (Wildman–Crippen MR) is 70.9 cm³/mol. The van der Waals surface area contributed by atoms with Gasteiger partial charge in [0.05, 0.1) is 18.8 Å². The average molecular weight is 244 g/mol.